The van der Waals surface area contributed by atoms with Gasteiger partial charge in [-0.2, -0.15) is 0 Å². The van der Waals surface area contributed by atoms with Crippen LogP contribution in [0.1, 0.15) is 61.1 Å². The number of cyclic esters (lactones) is 2. The van der Waals surface area contributed by atoms with Crippen LogP contribution in [0.15, 0.2) is 96.1 Å². The second-order valence-corrected chi connectivity index (χ2v) is 13.1. The SMILES string of the molecule is CN1c2ccccc2C(C)(C)c2cc(C3=C4C(=O)OC(c5ccc6c(c5)C(C)(C)c5ccccc5N6C)=C4C(=O)O3)ccc21. The molecule has 44 heavy (non-hydrogen) atoms. The maximum Gasteiger partial charge on any atom is 0.348 e. The van der Waals surface area contributed by atoms with Crippen LogP contribution in [-0.4, -0.2) is 26.0 Å². The molecule has 0 bridgehead atoms. The molecule has 4 aliphatic heterocycles. The fourth-order valence-electron chi connectivity index (χ4n) is 7.49. The number of rotatable bonds is 2. The van der Waals surface area contributed by atoms with Gasteiger partial charge in [-0.1, -0.05) is 64.1 Å². The van der Waals surface area contributed by atoms with Crippen molar-refractivity contribution in [2.75, 3.05) is 23.9 Å². The molecule has 0 unspecified atom stereocenters. The molecule has 0 saturated carbocycles. The largest absolute Gasteiger partial charge is 0.421 e. The molecule has 0 amide bonds. The normalized spacial score (nSPS) is 18.8. The number of carbonyl (C=O) groups is 2. The van der Waals surface area contributed by atoms with Gasteiger partial charge in [0.15, 0.2) is 11.5 Å². The highest BCUT2D eigenvalue weighted by Gasteiger charge is 2.46. The van der Waals surface area contributed by atoms with Crippen molar-refractivity contribution in [1.82, 2.24) is 0 Å². The van der Waals surface area contributed by atoms with E-state index in [-0.39, 0.29) is 33.5 Å². The Morgan fingerprint density at radius 1 is 0.500 bits per heavy atom. The van der Waals surface area contributed by atoms with E-state index in [1.807, 2.05) is 48.5 Å². The number of carbonyl (C=O) groups excluding carboxylic acids is 2. The first-order valence-electron chi connectivity index (χ1n) is 14.9. The minimum absolute atomic E-state index is 0.187. The number of ether oxygens (including phenoxy) is 2. The van der Waals surface area contributed by atoms with Crippen molar-refractivity contribution in [3.05, 3.63) is 129 Å². The van der Waals surface area contributed by atoms with Crippen LogP contribution >= 0.6 is 0 Å². The van der Waals surface area contributed by atoms with Gasteiger partial charge in [0.1, 0.15) is 11.1 Å². The number of nitrogens with zero attached hydrogens (tertiary/aromatic N) is 2. The number of benzene rings is 4. The molecule has 6 nitrogen and oxygen atoms in total. The first kappa shape index (κ1) is 26.5. The van der Waals surface area contributed by atoms with Crippen LogP contribution in [-0.2, 0) is 29.9 Å². The number of anilines is 4. The maximum atomic E-state index is 13.5. The number of hydrogen-bond donors (Lipinski definition) is 0. The lowest BCUT2D eigenvalue weighted by atomic mass is 9.73. The van der Waals surface area contributed by atoms with E-state index in [0.717, 1.165) is 33.9 Å². The van der Waals surface area contributed by atoms with Gasteiger partial charge in [0.2, 0.25) is 0 Å². The average Bonchev–Trinajstić information content (AvgIpc) is 3.56. The van der Waals surface area contributed by atoms with Crippen molar-refractivity contribution < 1.29 is 19.1 Å². The van der Waals surface area contributed by atoms with Crippen LogP contribution in [0, 0.1) is 0 Å². The van der Waals surface area contributed by atoms with Crippen molar-refractivity contribution in [3.63, 3.8) is 0 Å². The van der Waals surface area contributed by atoms with Crippen molar-refractivity contribution >= 4 is 46.2 Å². The first-order valence-corrected chi connectivity index (χ1v) is 14.9. The molecule has 0 saturated heterocycles. The first-order chi connectivity index (χ1) is 21.0. The summed E-state index contributed by atoms with van der Waals surface area (Å²) in [6.07, 6.45) is 0. The standard InChI is InChI=1S/C38H32N2O4/c1-37(2)23-11-7-9-13-27(23)39(5)29-17-15-21(19-25(29)37)33-31-32(36(42)43-33)34(44-35(31)41)22-16-18-30-26(20-22)38(3,4)24-12-8-10-14-28(24)40(30)6/h7-20H,1-6H3. The van der Waals surface area contributed by atoms with Gasteiger partial charge in [0.25, 0.3) is 0 Å². The van der Waals surface area contributed by atoms with Gasteiger partial charge >= 0.3 is 11.9 Å². The van der Waals surface area contributed by atoms with Gasteiger partial charge in [-0.15, -0.1) is 0 Å². The highest BCUT2D eigenvalue weighted by Crippen LogP contribution is 2.52. The predicted octanol–water partition coefficient (Wildman–Crippen LogP) is 7.74. The molecule has 218 valence electrons. The number of para-hydroxylation sites is 2. The van der Waals surface area contributed by atoms with Gasteiger partial charge in [0.05, 0.1) is 0 Å². The van der Waals surface area contributed by atoms with Crippen molar-refractivity contribution in [2.45, 2.75) is 38.5 Å². The Morgan fingerprint density at radius 3 is 1.27 bits per heavy atom. The van der Waals surface area contributed by atoms with Crippen molar-refractivity contribution in [3.8, 4) is 0 Å². The van der Waals surface area contributed by atoms with Crippen LogP contribution in [0.4, 0.5) is 22.7 Å². The Kier molecular flexibility index (Phi) is 5.26. The van der Waals surface area contributed by atoms with E-state index in [1.54, 1.807) is 0 Å². The second kappa shape index (κ2) is 8.73. The summed E-state index contributed by atoms with van der Waals surface area (Å²) in [5, 5.41) is 0. The Balaban J connectivity index is 1.25. The summed E-state index contributed by atoms with van der Waals surface area (Å²) in [5.74, 6) is -0.654. The lowest BCUT2D eigenvalue weighted by molar-refractivity contribution is -0.131. The van der Waals surface area contributed by atoms with Gasteiger partial charge in [-0.05, 0) is 70.8 Å². The third-order valence-electron chi connectivity index (χ3n) is 9.97. The zero-order valence-corrected chi connectivity index (χ0v) is 25.6. The number of fused-ring (bicyclic) bond motifs is 5. The Hall–Kier alpha value is -5.10. The van der Waals surface area contributed by atoms with E-state index in [4.69, 9.17) is 9.47 Å². The summed E-state index contributed by atoms with van der Waals surface area (Å²) < 4.78 is 11.7. The maximum absolute atomic E-state index is 13.5. The molecule has 4 heterocycles. The third-order valence-corrected chi connectivity index (χ3v) is 9.97. The molecular formula is C38H32N2O4. The van der Waals surface area contributed by atoms with E-state index in [1.165, 1.54) is 11.1 Å². The van der Waals surface area contributed by atoms with E-state index < -0.39 is 11.9 Å². The van der Waals surface area contributed by atoms with E-state index in [9.17, 15) is 9.59 Å². The second-order valence-electron chi connectivity index (χ2n) is 13.1. The van der Waals surface area contributed by atoms with Gasteiger partial charge in [-0.3, -0.25) is 0 Å². The minimum atomic E-state index is -0.574. The molecule has 0 atom stereocenters. The Bertz CT molecular complexity index is 1900. The molecule has 4 aliphatic rings. The van der Waals surface area contributed by atoms with E-state index >= 15 is 0 Å². The highest BCUT2D eigenvalue weighted by atomic mass is 16.6. The lowest BCUT2D eigenvalue weighted by Gasteiger charge is -2.40. The molecule has 8 rings (SSSR count). The predicted molar refractivity (Wildman–Crippen MR) is 172 cm³/mol. The summed E-state index contributed by atoms with van der Waals surface area (Å²) in [4.78, 5) is 31.3. The molecule has 0 radical (unpaired) electrons. The molecule has 6 heteroatoms. The molecule has 4 aromatic carbocycles. The Labute approximate surface area is 256 Å². The molecule has 0 aliphatic carbocycles. The molecular weight excluding hydrogens is 548 g/mol. The average molecular weight is 581 g/mol. The fourth-order valence-corrected chi connectivity index (χ4v) is 7.49. The topological polar surface area (TPSA) is 59.1 Å². The number of esters is 2. The smallest absolute Gasteiger partial charge is 0.348 e. The lowest BCUT2D eigenvalue weighted by Crippen LogP contribution is -2.30. The summed E-state index contributed by atoms with van der Waals surface area (Å²) in [6, 6.07) is 28.7. The molecule has 4 aromatic rings. The van der Waals surface area contributed by atoms with Gasteiger partial charge in [0, 0.05) is 58.8 Å². The molecule has 0 fully saturated rings. The fraction of sp³-hybridized carbons (Fsp3) is 0.211. The van der Waals surface area contributed by atoms with Gasteiger partial charge < -0.3 is 19.3 Å². The van der Waals surface area contributed by atoms with Crippen molar-refractivity contribution in [1.29, 1.82) is 0 Å². The van der Waals surface area contributed by atoms with E-state index in [2.05, 4.69) is 88.0 Å². The molecule has 0 spiro atoms. The van der Waals surface area contributed by atoms with Crippen LogP contribution in [0.25, 0.3) is 11.5 Å². The summed E-state index contributed by atoms with van der Waals surface area (Å²) in [6.45, 7) is 8.78. The zero-order chi connectivity index (χ0) is 30.7. The number of hydrogen-bond acceptors (Lipinski definition) is 6. The van der Waals surface area contributed by atoms with Crippen LogP contribution in [0.5, 0.6) is 0 Å². The van der Waals surface area contributed by atoms with Gasteiger partial charge in [-0.25, -0.2) is 9.59 Å². The molecule has 0 aromatic heterocycles. The summed E-state index contributed by atoms with van der Waals surface area (Å²) >= 11 is 0. The van der Waals surface area contributed by atoms with E-state index in [0.29, 0.717) is 11.1 Å². The molecule has 0 N–H and O–H groups in total. The monoisotopic (exact) mass is 580 g/mol. The highest BCUT2D eigenvalue weighted by molar-refractivity contribution is 6.24. The summed E-state index contributed by atoms with van der Waals surface area (Å²) in [5.41, 5.74) is 10.2. The minimum Gasteiger partial charge on any atom is -0.421 e. The zero-order valence-electron chi connectivity index (χ0n) is 25.6. The Morgan fingerprint density at radius 2 is 0.864 bits per heavy atom. The van der Waals surface area contributed by atoms with Crippen LogP contribution in [0.2, 0.25) is 0 Å². The van der Waals surface area contributed by atoms with Crippen LogP contribution < -0.4 is 9.80 Å². The quantitative estimate of drug-likeness (QED) is 0.226. The van der Waals surface area contributed by atoms with Crippen LogP contribution in [0.3, 0.4) is 0 Å². The summed E-state index contributed by atoms with van der Waals surface area (Å²) in [7, 11) is 4.11. The third kappa shape index (κ3) is 3.36. The van der Waals surface area contributed by atoms with Crippen molar-refractivity contribution in [2.24, 2.45) is 0 Å².